The molecule has 2 rings (SSSR count). The van der Waals surface area contributed by atoms with E-state index < -0.39 is 22.0 Å². The Balaban J connectivity index is 2.40. The van der Waals surface area contributed by atoms with Gasteiger partial charge in [-0.2, -0.15) is 4.31 Å². The van der Waals surface area contributed by atoms with Gasteiger partial charge in [0.25, 0.3) is 0 Å². The van der Waals surface area contributed by atoms with Crippen molar-refractivity contribution in [3.8, 4) is 5.75 Å². The number of nitrogens with zero attached hydrogens (tertiary/aromatic N) is 1. The lowest BCUT2D eigenvalue weighted by Gasteiger charge is -2.21. The van der Waals surface area contributed by atoms with Crippen LogP contribution >= 0.6 is 11.6 Å². The van der Waals surface area contributed by atoms with Gasteiger partial charge in [-0.3, -0.25) is 4.79 Å². The number of methoxy groups -OCH3 is 1. The van der Waals surface area contributed by atoms with Gasteiger partial charge in [0, 0.05) is 6.54 Å². The second kappa shape index (κ2) is 5.59. The van der Waals surface area contributed by atoms with Crippen LogP contribution in [-0.4, -0.2) is 43.5 Å². The molecular weight excluding hydrogens is 306 g/mol. The van der Waals surface area contributed by atoms with E-state index in [-0.39, 0.29) is 16.5 Å². The van der Waals surface area contributed by atoms with E-state index in [0.717, 1.165) is 4.31 Å². The molecule has 0 amide bonds. The monoisotopic (exact) mass is 319 g/mol. The molecule has 1 aliphatic rings. The molecule has 0 aromatic heterocycles. The van der Waals surface area contributed by atoms with E-state index in [1.165, 1.54) is 25.3 Å². The van der Waals surface area contributed by atoms with E-state index in [2.05, 4.69) is 0 Å². The number of sulfonamides is 1. The number of carboxylic acids is 1. The Bertz CT molecular complexity index is 631. The molecule has 0 unspecified atom stereocenters. The summed E-state index contributed by atoms with van der Waals surface area (Å²) in [6.45, 7) is 0.197. The topological polar surface area (TPSA) is 83.9 Å². The average molecular weight is 320 g/mol. The number of carboxylic acid groups (broad SMARTS) is 1. The molecular formula is C12H14ClNO5S. The zero-order valence-electron chi connectivity index (χ0n) is 10.7. The third kappa shape index (κ3) is 2.61. The van der Waals surface area contributed by atoms with Gasteiger partial charge in [-0.1, -0.05) is 11.6 Å². The summed E-state index contributed by atoms with van der Waals surface area (Å²) in [5.41, 5.74) is 0. The van der Waals surface area contributed by atoms with Crippen LogP contribution in [0.2, 0.25) is 5.02 Å². The highest BCUT2D eigenvalue weighted by Crippen LogP contribution is 2.31. The molecule has 8 heteroatoms. The van der Waals surface area contributed by atoms with Gasteiger partial charge in [0.15, 0.2) is 0 Å². The van der Waals surface area contributed by atoms with Crippen molar-refractivity contribution in [2.24, 2.45) is 0 Å². The largest absolute Gasteiger partial charge is 0.495 e. The van der Waals surface area contributed by atoms with Gasteiger partial charge in [0.1, 0.15) is 11.8 Å². The van der Waals surface area contributed by atoms with E-state index >= 15 is 0 Å². The van der Waals surface area contributed by atoms with Crippen molar-refractivity contribution in [1.82, 2.24) is 4.31 Å². The molecule has 20 heavy (non-hydrogen) atoms. The fourth-order valence-corrected chi connectivity index (χ4v) is 4.22. The molecule has 0 bridgehead atoms. The molecule has 110 valence electrons. The molecule has 1 fully saturated rings. The molecule has 6 nitrogen and oxygen atoms in total. The van der Waals surface area contributed by atoms with Crippen LogP contribution in [0.25, 0.3) is 0 Å². The third-order valence-corrected chi connectivity index (χ3v) is 5.42. The SMILES string of the molecule is COc1ccc(S(=O)(=O)N2CCC[C@H]2C(=O)O)cc1Cl. The molecule has 1 atom stereocenters. The van der Waals surface area contributed by atoms with Crippen molar-refractivity contribution in [1.29, 1.82) is 0 Å². The van der Waals surface area contributed by atoms with E-state index in [1.54, 1.807) is 0 Å². The first-order valence-electron chi connectivity index (χ1n) is 5.96. The van der Waals surface area contributed by atoms with Gasteiger partial charge in [-0.05, 0) is 31.0 Å². The van der Waals surface area contributed by atoms with Crippen LogP contribution in [0.1, 0.15) is 12.8 Å². The Labute approximate surface area is 122 Å². The van der Waals surface area contributed by atoms with Crippen LogP contribution in [-0.2, 0) is 14.8 Å². The number of hydrogen-bond donors (Lipinski definition) is 1. The van der Waals surface area contributed by atoms with Crippen LogP contribution in [0.5, 0.6) is 5.75 Å². The average Bonchev–Trinajstić information content (AvgIpc) is 2.88. The lowest BCUT2D eigenvalue weighted by molar-refractivity contribution is -0.140. The lowest BCUT2D eigenvalue weighted by atomic mass is 10.2. The first-order valence-corrected chi connectivity index (χ1v) is 7.78. The van der Waals surface area contributed by atoms with Crippen molar-refractivity contribution in [3.05, 3.63) is 23.2 Å². The number of halogens is 1. The van der Waals surface area contributed by atoms with Crippen LogP contribution in [0.4, 0.5) is 0 Å². The van der Waals surface area contributed by atoms with Crippen molar-refractivity contribution in [2.45, 2.75) is 23.8 Å². The maximum Gasteiger partial charge on any atom is 0.322 e. The smallest absolute Gasteiger partial charge is 0.322 e. The number of hydrogen-bond acceptors (Lipinski definition) is 4. The second-order valence-corrected chi connectivity index (χ2v) is 6.71. The molecule has 0 radical (unpaired) electrons. The molecule has 0 aliphatic carbocycles. The Morgan fingerprint density at radius 2 is 2.20 bits per heavy atom. The standard InChI is InChI=1S/C12H14ClNO5S/c1-19-11-5-4-8(7-9(11)13)20(17,18)14-6-2-3-10(14)12(15)16/h4-5,7,10H,2-3,6H2,1H3,(H,15,16)/t10-/m0/s1. The van der Waals surface area contributed by atoms with E-state index in [9.17, 15) is 13.2 Å². The van der Waals surface area contributed by atoms with E-state index in [1.807, 2.05) is 0 Å². The third-order valence-electron chi connectivity index (χ3n) is 3.22. The van der Waals surface area contributed by atoms with Gasteiger partial charge in [0.2, 0.25) is 10.0 Å². The highest BCUT2D eigenvalue weighted by Gasteiger charge is 2.39. The minimum atomic E-state index is -3.87. The summed E-state index contributed by atoms with van der Waals surface area (Å²) in [5, 5.41) is 9.24. The summed E-state index contributed by atoms with van der Waals surface area (Å²) >= 11 is 5.92. The summed E-state index contributed by atoms with van der Waals surface area (Å²) in [7, 11) is -2.44. The van der Waals surface area contributed by atoms with Gasteiger partial charge < -0.3 is 9.84 Å². The van der Waals surface area contributed by atoms with Crippen LogP contribution < -0.4 is 4.74 Å². The van der Waals surface area contributed by atoms with Gasteiger partial charge in [-0.15, -0.1) is 0 Å². The zero-order valence-corrected chi connectivity index (χ0v) is 12.3. The maximum absolute atomic E-state index is 12.5. The predicted molar refractivity (Wildman–Crippen MR) is 72.6 cm³/mol. The minimum Gasteiger partial charge on any atom is -0.495 e. The Hall–Kier alpha value is -1.31. The van der Waals surface area contributed by atoms with Crippen molar-refractivity contribution in [3.63, 3.8) is 0 Å². The molecule has 0 saturated carbocycles. The molecule has 1 saturated heterocycles. The van der Waals surface area contributed by atoms with Gasteiger partial charge in [-0.25, -0.2) is 8.42 Å². The molecule has 1 heterocycles. The molecule has 1 aromatic rings. The summed E-state index contributed by atoms with van der Waals surface area (Å²) in [6.07, 6.45) is 0.846. The highest BCUT2D eigenvalue weighted by molar-refractivity contribution is 7.89. The number of ether oxygens (including phenoxy) is 1. The Kier molecular flexibility index (Phi) is 4.22. The molecule has 1 N–H and O–H groups in total. The van der Waals surface area contributed by atoms with E-state index in [4.69, 9.17) is 21.4 Å². The predicted octanol–water partition coefficient (Wildman–Crippen LogP) is 1.59. The number of rotatable bonds is 4. The molecule has 1 aromatic carbocycles. The van der Waals surface area contributed by atoms with Crippen molar-refractivity contribution >= 4 is 27.6 Å². The van der Waals surface area contributed by atoms with Crippen LogP contribution in [0, 0.1) is 0 Å². The zero-order chi connectivity index (χ0) is 14.9. The Morgan fingerprint density at radius 1 is 1.50 bits per heavy atom. The van der Waals surface area contributed by atoms with Crippen LogP contribution in [0.15, 0.2) is 23.1 Å². The Morgan fingerprint density at radius 3 is 2.75 bits per heavy atom. The molecule has 0 spiro atoms. The van der Waals surface area contributed by atoms with Crippen molar-refractivity contribution in [2.75, 3.05) is 13.7 Å². The van der Waals surface area contributed by atoms with Gasteiger partial charge >= 0.3 is 5.97 Å². The summed E-state index contributed by atoms with van der Waals surface area (Å²) in [4.78, 5) is 11.1. The summed E-state index contributed by atoms with van der Waals surface area (Å²) in [6, 6.07) is 3.06. The first kappa shape index (κ1) is 15.1. The number of carbonyl (C=O) groups is 1. The van der Waals surface area contributed by atoms with Gasteiger partial charge in [0.05, 0.1) is 17.0 Å². The summed E-state index contributed by atoms with van der Waals surface area (Å²) < 4.78 is 30.9. The number of benzene rings is 1. The molecule has 1 aliphatic heterocycles. The maximum atomic E-state index is 12.5. The number of aliphatic carboxylic acids is 1. The van der Waals surface area contributed by atoms with E-state index in [0.29, 0.717) is 18.6 Å². The fourth-order valence-electron chi connectivity index (χ4n) is 2.22. The highest BCUT2D eigenvalue weighted by atomic mass is 35.5. The quantitative estimate of drug-likeness (QED) is 0.911. The summed E-state index contributed by atoms with van der Waals surface area (Å²) in [5.74, 6) is -0.771. The normalized spacial score (nSPS) is 20.0. The second-order valence-electron chi connectivity index (χ2n) is 4.41. The fraction of sp³-hybridized carbons (Fsp3) is 0.417. The minimum absolute atomic E-state index is 0.0311. The van der Waals surface area contributed by atoms with Crippen LogP contribution in [0.3, 0.4) is 0 Å². The lowest BCUT2D eigenvalue weighted by Crippen LogP contribution is -2.40. The van der Waals surface area contributed by atoms with Crippen molar-refractivity contribution < 1.29 is 23.1 Å². The first-order chi connectivity index (χ1) is 9.37.